The van der Waals surface area contributed by atoms with Gasteiger partial charge in [-0.1, -0.05) is 13.8 Å². The van der Waals surface area contributed by atoms with Crippen LogP contribution >= 0.6 is 0 Å². The van der Waals surface area contributed by atoms with E-state index in [-0.39, 0.29) is 5.41 Å². The Bertz CT molecular complexity index is 341. The fourth-order valence-corrected chi connectivity index (χ4v) is 1.75. The van der Waals surface area contributed by atoms with Crippen LogP contribution in [-0.2, 0) is 13.0 Å². The number of carbonyl (C=O) groups is 1. The van der Waals surface area contributed by atoms with Crippen molar-refractivity contribution in [1.82, 2.24) is 14.8 Å². The van der Waals surface area contributed by atoms with Crippen molar-refractivity contribution in [3.05, 3.63) is 11.6 Å². The molecule has 13 heavy (non-hydrogen) atoms. The second-order valence-electron chi connectivity index (χ2n) is 4.34. The smallest absolute Gasteiger partial charge is 0.196 e. The molecule has 0 atom stereocenters. The number of carbonyl (C=O) groups excluding carboxylic acids is 1. The normalized spacial score (nSPS) is 19.5. The van der Waals surface area contributed by atoms with Crippen LogP contribution in [0.4, 0.5) is 0 Å². The molecule has 1 aliphatic heterocycles. The van der Waals surface area contributed by atoms with Crippen molar-refractivity contribution >= 4 is 6.29 Å². The van der Waals surface area contributed by atoms with E-state index in [1.54, 1.807) is 0 Å². The Morgan fingerprint density at radius 1 is 1.46 bits per heavy atom. The molecule has 0 aromatic carbocycles. The lowest BCUT2D eigenvalue weighted by molar-refractivity contribution is 0.110. The maximum Gasteiger partial charge on any atom is 0.196 e. The minimum Gasteiger partial charge on any atom is -0.308 e. The molecule has 0 N–H and O–H groups in total. The first-order valence-corrected chi connectivity index (χ1v) is 4.50. The quantitative estimate of drug-likeness (QED) is 0.606. The zero-order valence-electron chi connectivity index (χ0n) is 7.95. The molecule has 4 heteroatoms. The van der Waals surface area contributed by atoms with E-state index in [1.807, 2.05) is 4.57 Å². The molecule has 1 aromatic rings. The highest BCUT2D eigenvalue weighted by atomic mass is 16.1. The maximum atomic E-state index is 10.6. The summed E-state index contributed by atoms with van der Waals surface area (Å²) in [6.45, 7) is 5.25. The molecule has 2 heterocycles. The Morgan fingerprint density at radius 2 is 2.23 bits per heavy atom. The second-order valence-corrected chi connectivity index (χ2v) is 4.34. The molecule has 1 aliphatic rings. The molecule has 2 rings (SSSR count). The summed E-state index contributed by atoms with van der Waals surface area (Å²) < 4.78 is 1.93. The zero-order valence-corrected chi connectivity index (χ0v) is 7.95. The highest BCUT2D eigenvalue weighted by Gasteiger charge is 2.27. The van der Waals surface area contributed by atoms with Crippen molar-refractivity contribution in [3.63, 3.8) is 0 Å². The van der Waals surface area contributed by atoms with Crippen LogP contribution < -0.4 is 0 Å². The van der Waals surface area contributed by atoms with Gasteiger partial charge < -0.3 is 4.57 Å². The summed E-state index contributed by atoms with van der Waals surface area (Å²) in [5.41, 5.74) is 0.257. The number of aromatic nitrogens is 3. The van der Waals surface area contributed by atoms with Crippen LogP contribution in [-0.4, -0.2) is 21.1 Å². The molecule has 0 spiro atoms. The third kappa shape index (κ3) is 1.36. The molecule has 1 aromatic heterocycles. The Hall–Kier alpha value is -1.19. The highest BCUT2D eigenvalue weighted by molar-refractivity contribution is 5.69. The van der Waals surface area contributed by atoms with E-state index in [4.69, 9.17) is 0 Å². The van der Waals surface area contributed by atoms with Gasteiger partial charge >= 0.3 is 0 Å². The average Bonchev–Trinajstić information content (AvgIpc) is 2.44. The van der Waals surface area contributed by atoms with E-state index >= 15 is 0 Å². The standard InChI is InChI=1S/C9H13N3O/c1-9(2)4-3-7-10-11-8(5-13)12(7)6-9/h5H,3-4,6H2,1-2H3. The van der Waals surface area contributed by atoms with Crippen LogP contribution in [0.25, 0.3) is 0 Å². The van der Waals surface area contributed by atoms with Gasteiger partial charge in [0.2, 0.25) is 0 Å². The van der Waals surface area contributed by atoms with E-state index in [1.165, 1.54) is 0 Å². The SMILES string of the molecule is CC1(C)CCc2nnc(C=O)n2C1. The third-order valence-corrected chi connectivity index (χ3v) is 2.57. The van der Waals surface area contributed by atoms with Crippen molar-refractivity contribution in [2.75, 3.05) is 0 Å². The van der Waals surface area contributed by atoms with Gasteiger partial charge in [0.25, 0.3) is 0 Å². The van der Waals surface area contributed by atoms with Gasteiger partial charge in [-0.05, 0) is 11.8 Å². The van der Waals surface area contributed by atoms with Crippen LogP contribution in [0.5, 0.6) is 0 Å². The summed E-state index contributed by atoms with van der Waals surface area (Å²) in [6, 6.07) is 0. The molecule has 4 nitrogen and oxygen atoms in total. The topological polar surface area (TPSA) is 47.8 Å². The molecule has 0 saturated heterocycles. The summed E-state index contributed by atoms with van der Waals surface area (Å²) in [6.07, 6.45) is 2.82. The Labute approximate surface area is 77.0 Å². The first-order valence-electron chi connectivity index (χ1n) is 4.50. The first-order chi connectivity index (χ1) is 6.12. The minimum absolute atomic E-state index is 0.257. The lowest BCUT2D eigenvalue weighted by Crippen LogP contribution is -2.28. The van der Waals surface area contributed by atoms with E-state index < -0.39 is 0 Å². The number of aryl methyl sites for hydroxylation is 1. The molecule has 0 saturated carbocycles. The van der Waals surface area contributed by atoms with Crippen molar-refractivity contribution in [3.8, 4) is 0 Å². The zero-order chi connectivity index (χ0) is 9.47. The largest absolute Gasteiger partial charge is 0.308 e. The third-order valence-electron chi connectivity index (χ3n) is 2.57. The Morgan fingerprint density at radius 3 is 2.92 bits per heavy atom. The Kier molecular flexibility index (Phi) is 1.71. The van der Waals surface area contributed by atoms with Crippen molar-refractivity contribution in [2.45, 2.75) is 33.2 Å². The number of aldehydes is 1. The highest BCUT2D eigenvalue weighted by Crippen LogP contribution is 2.30. The summed E-state index contributed by atoms with van der Waals surface area (Å²) in [5, 5.41) is 7.80. The van der Waals surface area contributed by atoms with E-state index in [9.17, 15) is 4.79 Å². The number of nitrogens with zero attached hydrogens (tertiary/aromatic N) is 3. The number of hydrogen-bond acceptors (Lipinski definition) is 3. The predicted octanol–water partition coefficient (Wildman–Crippen LogP) is 1.06. The summed E-state index contributed by atoms with van der Waals surface area (Å²) >= 11 is 0. The number of hydrogen-bond donors (Lipinski definition) is 0. The molecule has 0 aliphatic carbocycles. The monoisotopic (exact) mass is 179 g/mol. The van der Waals surface area contributed by atoms with Crippen molar-refractivity contribution in [2.24, 2.45) is 5.41 Å². The van der Waals surface area contributed by atoms with Gasteiger partial charge in [-0.25, -0.2) is 0 Å². The summed E-state index contributed by atoms with van der Waals surface area (Å²) in [5.74, 6) is 1.41. The summed E-state index contributed by atoms with van der Waals surface area (Å²) in [7, 11) is 0. The van der Waals surface area contributed by atoms with Gasteiger partial charge in [0.15, 0.2) is 12.1 Å². The lowest BCUT2D eigenvalue weighted by atomic mass is 9.85. The van der Waals surface area contributed by atoms with Gasteiger partial charge in [-0.2, -0.15) is 0 Å². The molecule has 0 fully saturated rings. The van der Waals surface area contributed by atoms with Gasteiger partial charge in [0, 0.05) is 13.0 Å². The van der Waals surface area contributed by atoms with Crippen LogP contribution in [0.1, 0.15) is 36.7 Å². The van der Waals surface area contributed by atoms with Gasteiger partial charge in [0.1, 0.15) is 5.82 Å². The van der Waals surface area contributed by atoms with Gasteiger partial charge in [-0.15, -0.1) is 10.2 Å². The fraction of sp³-hybridized carbons (Fsp3) is 0.667. The fourth-order valence-electron chi connectivity index (χ4n) is 1.75. The minimum atomic E-state index is 0.257. The van der Waals surface area contributed by atoms with E-state index in [0.717, 1.165) is 31.5 Å². The molecule has 0 unspecified atom stereocenters. The molecule has 0 radical (unpaired) electrons. The number of rotatable bonds is 1. The molecule has 0 amide bonds. The molecular formula is C9H13N3O. The average molecular weight is 179 g/mol. The van der Waals surface area contributed by atoms with Gasteiger partial charge in [-0.3, -0.25) is 4.79 Å². The van der Waals surface area contributed by atoms with Crippen LogP contribution in [0.2, 0.25) is 0 Å². The van der Waals surface area contributed by atoms with Crippen LogP contribution in [0.15, 0.2) is 0 Å². The molecular weight excluding hydrogens is 166 g/mol. The molecule has 70 valence electrons. The van der Waals surface area contributed by atoms with Crippen molar-refractivity contribution in [1.29, 1.82) is 0 Å². The summed E-state index contributed by atoms with van der Waals surface area (Å²) in [4.78, 5) is 10.6. The second kappa shape index (κ2) is 2.65. The van der Waals surface area contributed by atoms with Crippen LogP contribution in [0.3, 0.4) is 0 Å². The van der Waals surface area contributed by atoms with Crippen LogP contribution in [0, 0.1) is 5.41 Å². The van der Waals surface area contributed by atoms with E-state index in [2.05, 4.69) is 24.0 Å². The number of fused-ring (bicyclic) bond motifs is 1. The van der Waals surface area contributed by atoms with E-state index in [0.29, 0.717) is 5.82 Å². The Balaban J connectivity index is 2.41. The maximum absolute atomic E-state index is 10.6. The lowest BCUT2D eigenvalue weighted by Gasteiger charge is -2.30. The predicted molar refractivity (Wildman–Crippen MR) is 47.5 cm³/mol. The van der Waals surface area contributed by atoms with Crippen molar-refractivity contribution < 1.29 is 4.79 Å². The molecule has 0 bridgehead atoms. The van der Waals surface area contributed by atoms with Gasteiger partial charge in [0.05, 0.1) is 0 Å². The first kappa shape index (κ1) is 8.41.